The molecule has 3 rings (SSSR count). The SMILES string of the molecule is COc1cccc(C(CO)NC2C[C@H](C)Sc3sccc32)c1. The van der Waals surface area contributed by atoms with Gasteiger partial charge in [-0.3, -0.25) is 0 Å². The maximum Gasteiger partial charge on any atom is 0.119 e. The van der Waals surface area contributed by atoms with Crippen LogP contribution in [0.4, 0.5) is 0 Å². The summed E-state index contributed by atoms with van der Waals surface area (Å²) >= 11 is 3.76. The molecule has 0 aliphatic carbocycles. The van der Waals surface area contributed by atoms with E-state index < -0.39 is 0 Å². The van der Waals surface area contributed by atoms with Crippen LogP contribution in [0.5, 0.6) is 5.75 Å². The monoisotopic (exact) mass is 335 g/mol. The van der Waals surface area contributed by atoms with Crippen molar-refractivity contribution in [3.63, 3.8) is 0 Å². The van der Waals surface area contributed by atoms with Gasteiger partial charge in [0, 0.05) is 11.3 Å². The van der Waals surface area contributed by atoms with Gasteiger partial charge in [-0.1, -0.05) is 19.1 Å². The molecule has 3 nitrogen and oxygen atoms in total. The van der Waals surface area contributed by atoms with Crippen molar-refractivity contribution < 1.29 is 9.84 Å². The van der Waals surface area contributed by atoms with E-state index in [4.69, 9.17) is 4.74 Å². The molecule has 2 unspecified atom stereocenters. The van der Waals surface area contributed by atoms with E-state index in [0.29, 0.717) is 11.3 Å². The largest absolute Gasteiger partial charge is 0.497 e. The number of thioether (sulfide) groups is 1. The molecule has 3 atom stereocenters. The highest BCUT2D eigenvalue weighted by Gasteiger charge is 2.28. The fourth-order valence-corrected chi connectivity index (χ4v) is 5.43. The molecule has 0 saturated carbocycles. The van der Waals surface area contributed by atoms with Gasteiger partial charge in [-0.15, -0.1) is 23.1 Å². The Bertz CT molecular complexity index is 629. The lowest BCUT2D eigenvalue weighted by Crippen LogP contribution is -2.32. The third-order valence-corrected chi connectivity index (χ3v) is 6.33. The number of fused-ring (bicyclic) bond motifs is 1. The summed E-state index contributed by atoms with van der Waals surface area (Å²) in [7, 11) is 1.66. The number of aliphatic hydroxyl groups excluding tert-OH is 1. The quantitative estimate of drug-likeness (QED) is 0.866. The Kier molecular flexibility index (Phi) is 5.08. The van der Waals surface area contributed by atoms with E-state index in [9.17, 15) is 5.11 Å². The lowest BCUT2D eigenvalue weighted by Gasteiger charge is -2.31. The Morgan fingerprint density at radius 3 is 3.05 bits per heavy atom. The fourth-order valence-electron chi connectivity index (χ4n) is 2.86. The van der Waals surface area contributed by atoms with Gasteiger partial charge in [0.2, 0.25) is 0 Å². The van der Waals surface area contributed by atoms with Gasteiger partial charge in [0.25, 0.3) is 0 Å². The van der Waals surface area contributed by atoms with E-state index >= 15 is 0 Å². The minimum absolute atomic E-state index is 0.0741. The van der Waals surface area contributed by atoms with Gasteiger partial charge in [0.1, 0.15) is 5.75 Å². The number of nitrogens with one attached hydrogen (secondary N) is 1. The first-order valence-electron chi connectivity index (χ1n) is 7.46. The number of thiophene rings is 1. The van der Waals surface area contributed by atoms with E-state index in [1.807, 2.05) is 47.4 Å². The van der Waals surface area contributed by atoms with E-state index in [1.54, 1.807) is 7.11 Å². The highest BCUT2D eigenvalue weighted by atomic mass is 32.2. The minimum Gasteiger partial charge on any atom is -0.497 e. The molecule has 1 aromatic heterocycles. The van der Waals surface area contributed by atoms with Crippen molar-refractivity contribution in [2.24, 2.45) is 0 Å². The van der Waals surface area contributed by atoms with Crippen LogP contribution in [-0.2, 0) is 0 Å². The van der Waals surface area contributed by atoms with Crippen LogP contribution in [-0.4, -0.2) is 24.1 Å². The van der Waals surface area contributed by atoms with Gasteiger partial charge >= 0.3 is 0 Å². The molecule has 0 saturated heterocycles. The van der Waals surface area contributed by atoms with Crippen LogP contribution in [0.25, 0.3) is 0 Å². The first kappa shape index (κ1) is 15.9. The summed E-state index contributed by atoms with van der Waals surface area (Å²) < 4.78 is 6.69. The van der Waals surface area contributed by atoms with Crippen molar-refractivity contribution >= 4 is 23.1 Å². The second-order valence-electron chi connectivity index (χ2n) is 5.56. The van der Waals surface area contributed by atoms with Crippen LogP contribution in [0.15, 0.2) is 39.9 Å². The molecule has 1 aliphatic heterocycles. The molecule has 0 amide bonds. The van der Waals surface area contributed by atoms with Crippen LogP contribution in [0, 0.1) is 0 Å². The summed E-state index contributed by atoms with van der Waals surface area (Å²) in [5.74, 6) is 0.821. The van der Waals surface area contributed by atoms with Crippen LogP contribution in [0.3, 0.4) is 0 Å². The van der Waals surface area contributed by atoms with Crippen molar-refractivity contribution in [1.29, 1.82) is 0 Å². The lowest BCUT2D eigenvalue weighted by atomic mass is 10.0. The zero-order valence-corrected chi connectivity index (χ0v) is 14.4. The number of hydrogen-bond acceptors (Lipinski definition) is 5. The lowest BCUT2D eigenvalue weighted by molar-refractivity contribution is 0.229. The molecule has 2 aromatic rings. The normalized spacial score (nSPS) is 22.1. The van der Waals surface area contributed by atoms with Crippen molar-refractivity contribution in [2.75, 3.05) is 13.7 Å². The smallest absolute Gasteiger partial charge is 0.119 e. The highest BCUT2D eigenvalue weighted by molar-refractivity contribution is 8.01. The van der Waals surface area contributed by atoms with Gasteiger partial charge in [-0.25, -0.2) is 0 Å². The maximum absolute atomic E-state index is 9.83. The summed E-state index contributed by atoms with van der Waals surface area (Å²) in [4.78, 5) is 0. The summed E-state index contributed by atoms with van der Waals surface area (Å²) in [5, 5.41) is 16.2. The molecule has 1 aliphatic rings. The van der Waals surface area contributed by atoms with Gasteiger partial charge in [0.05, 0.1) is 24.0 Å². The minimum atomic E-state index is -0.0804. The molecule has 0 radical (unpaired) electrons. The third kappa shape index (κ3) is 3.33. The van der Waals surface area contributed by atoms with E-state index in [1.165, 1.54) is 9.77 Å². The Labute approximate surface area is 139 Å². The van der Waals surface area contributed by atoms with Gasteiger partial charge in [-0.05, 0) is 41.1 Å². The second kappa shape index (κ2) is 7.04. The van der Waals surface area contributed by atoms with Crippen LogP contribution in [0.1, 0.15) is 36.6 Å². The first-order chi connectivity index (χ1) is 10.7. The Balaban J connectivity index is 1.81. The summed E-state index contributed by atoms with van der Waals surface area (Å²) in [5.41, 5.74) is 2.43. The predicted molar refractivity (Wildman–Crippen MR) is 93.0 cm³/mol. The molecule has 2 N–H and O–H groups in total. The van der Waals surface area contributed by atoms with Gasteiger partial charge in [0.15, 0.2) is 0 Å². The summed E-state index contributed by atoms with van der Waals surface area (Å²) in [6.07, 6.45) is 1.08. The summed E-state index contributed by atoms with van der Waals surface area (Å²) in [6, 6.07) is 10.3. The van der Waals surface area contributed by atoms with Crippen molar-refractivity contribution in [1.82, 2.24) is 5.32 Å². The molecule has 5 heteroatoms. The summed E-state index contributed by atoms with van der Waals surface area (Å²) in [6.45, 7) is 2.34. The maximum atomic E-state index is 9.83. The second-order valence-corrected chi connectivity index (χ2v) is 8.18. The Morgan fingerprint density at radius 2 is 2.27 bits per heavy atom. The van der Waals surface area contributed by atoms with Crippen LogP contribution < -0.4 is 10.1 Å². The zero-order valence-electron chi connectivity index (χ0n) is 12.8. The van der Waals surface area contributed by atoms with Crippen LogP contribution >= 0.6 is 23.1 Å². The van der Waals surface area contributed by atoms with Crippen LogP contribution in [0.2, 0.25) is 0 Å². The highest BCUT2D eigenvalue weighted by Crippen LogP contribution is 2.44. The number of hydrogen-bond donors (Lipinski definition) is 2. The van der Waals surface area contributed by atoms with Crippen molar-refractivity contribution in [3.8, 4) is 5.75 Å². The molecule has 118 valence electrons. The van der Waals surface area contributed by atoms with E-state index in [-0.39, 0.29) is 12.6 Å². The number of rotatable bonds is 5. The van der Waals surface area contributed by atoms with Crippen molar-refractivity contribution in [2.45, 2.75) is 34.9 Å². The average Bonchev–Trinajstić information content (AvgIpc) is 3.00. The van der Waals surface area contributed by atoms with E-state index in [0.717, 1.165) is 17.7 Å². The molecule has 0 fully saturated rings. The van der Waals surface area contributed by atoms with Gasteiger partial charge < -0.3 is 15.2 Å². The number of benzene rings is 1. The molecule has 22 heavy (non-hydrogen) atoms. The molecule has 0 bridgehead atoms. The number of ether oxygens (including phenoxy) is 1. The molecular formula is C17H21NO2S2. The molecule has 1 aromatic carbocycles. The molecule has 0 spiro atoms. The topological polar surface area (TPSA) is 41.5 Å². The molecule has 2 heterocycles. The third-order valence-electron chi connectivity index (χ3n) is 3.99. The fraction of sp³-hybridized carbons (Fsp3) is 0.412. The standard InChI is InChI=1S/C17H21NO2S2/c1-11-8-15(14-6-7-21-17(14)22-11)18-16(10-19)12-4-3-5-13(9-12)20-2/h3-7,9,11,15-16,18-19H,8,10H2,1-2H3/t11-,15?,16?/m0/s1. The number of aliphatic hydroxyl groups is 1. The number of methoxy groups -OCH3 is 1. The van der Waals surface area contributed by atoms with E-state index in [2.05, 4.69) is 23.7 Å². The Morgan fingerprint density at radius 1 is 1.41 bits per heavy atom. The molecular weight excluding hydrogens is 314 g/mol. The Hall–Kier alpha value is -1.01. The van der Waals surface area contributed by atoms with Gasteiger partial charge in [-0.2, -0.15) is 0 Å². The average molecular weight is 335 g/mol. The predicted octanol–water partition coefficient (Wildman–Crippen LogP) is 4.01. The zero-order chi connectivity index (χ0) is 15.5. The first-order valence-corrected chi connectivity index (χ1v) is 9.22. The van der Waals surface area contributed by atoms with Crippen molar-refractivity contribution in [3.05, 3.63) is 46.8 Å².